The first kappa shape index (κ1) is 12.7. The Morgan fingerprint density at radius 2 is 2.29 bits per heavy atom. The lowest BCUT2D eigenvalue weighted by Gasteiger charge is -2.10. The van der Waals surface area contributed by atoms with Crippen molar-refractivity contribution in [3.8, 4) is 0 Å². The van der Waals surface area contributed by atoms with Crippen LogP contribution in [0.1, 0.15) is 11.3 Å². The van der Waals surface area contributed by atoms with Gasteiger partial charge in [0.05, 0.1) is 16.2 Å². The fourth-order valence-electron chi connectivity index (χ4n) is 1.77. The molecule has 2 amide bonds. The highest BCUT2D eigenvalue weighted by Crippen LogP contribution is 2.22. The number of likely N-dealkylation sites (tertiary alicyclic amines) is 1. The summed E-state index contributed by atoms with van der Waals surface area (Å²) in [6, 6.07) is 3.73. The zero-order valence-electron chi connectivity index (χ0n) is 9.40. The van der Waals surface area contributed by atoms with E-state index in [0.29, 0.717) is 6.54 Å². The monoisotopic (exact) mass is 316 g/mol. The van der Waals surface area contributed by atoms with E-state index in [4.69, 9.17) is 0 Å². The number of hydrogen-bond donors (Lipinski definition) is 1. The highest BCUT2D eigenvalue weighted by Gasteiger charge is 2.35. The number of thiophene rings is 1. The van der Waals surface area contributed by atoms with Gasteiger partial charge in [0.15, 0.2) is 0 Å². The Bertz CT molecular complexity index is 446. The lowest BCUT2D eigenvalue weighted by atomic mass is 10.2. The summed E-state index contributed by atoms with van der Waals surface area (Å²) in [5, 5.41) is 3.13. The molecule has 0 radical (unpaired) electrons. The number of carbonyl (C=O) groups is 2. The van der Waals surface area contributed by atoms with E-state index in [-0.39, 0.29) is 24.3 Å². The Balaban J connectivity index is 1.80. The number of nitrogens with one attached hydrogen (secondary N) is 1. The largest absolute Gasteiger partial charge is 0.305 e. The molecule has 1 atom stereocenters. The molecule has 1 unspecified atom stereocenters. The molecule has 1 aliphatic rings. The van der Waals surface area contributed by atoms with Crippen molar-refractivity contribution >= 4 is 39.1 Å². The van der Waals surface area contributed by atoms with Crippen molar-refractivity contribution in [3.05, 3.63) is 20.8 Å². The van der Waals surface area contributed by atoms with Crippen LogP contribution in [0.5, 0.6) is 0 Å². The second-order valence-corrected chi connectivity index (χ2v) is 6.51. The van der Waals surface area contributed by atoms with Crippen molar-refractivity contribution in [1.29, 1.82) is 0 Å². The molecule has 0 bridgehead atoms. The fraction of sp³-hybridized carbons (Fsp3) is 0.455. The number of carbonyl (C=O) groups excluding carboxylic acids is 2. The van der Waals surface area contributed by atoms with Crippen LogP contribution in [0, 0.1) is 0 Å². The minimum Gasteiger partial charge on any atom is -0.305 e. The third-order valence-corrected chi connectivity index (χ3v) is 4.46. The van der Waals surface area contributed by atoms with Crippen LogP contribution < -0.4 is 5.32 Å². The van der Waals surface area contributed by atoms with Crippen LogP contribution in [-0.2, 0) is 16.0 Å². The minimum absolute atomic E-state index is 0.105. The lowest BCUT2D eigenvalue weighted by molar-refractivity contribution is -0.137. The third-order valence-electron chi connectivity index (χ3n) is 2.77. The molecule has 0 saturated carbocycles. The van der Waals surface area contributed by atoms with Gasteiger partial charge in [0, 0.05) is 18.5 Å². The topological polar surface area (TPSA) is 49.4 Å². The van der Waals surface area contributed by atoms with Crippen LogP contribution in [0.2, 0.25) is 0 Å². The van der Waals surface area contributed by atoms with Crippen LogP contribution in [0.4, 0.5) is 0 Å². The van der Waals surface area contributed by atoms with Crippen molar-refractivity contribution < 1.29 is 9.59 Å². The summed E-state index contributed by atoms with van der Waals surface area (Å²) >= 11 is 5.09. The normalized spacial score (nSPS) is 20.4. The average molecular weight is 317 g/mol. The van der Waals surface area contributed by atoms with Crippen LogP contribution in [-0.4, -0.2) is 36.3 Å². The summed E-state index contributed by atoms with van der Waals surface area (Å²) < 4.78 is 1.11. The highest BCUT2D eigenvalue weighted by molar-refractivity contribution is 9.11. The summed E-state index contributed by atoms with van der Waals surface area (Å²) in [5.41, 5.74) is 0. The van der Waals surface area contributed by atoms with Crippen molar-refractivity contribution in [2.45, 2.75) is 18.9 Å². The van der Waals surface area contributed by atoms with Crippen LogP contribution in [0.3, 0.4) is 0 Å². The van der Waals surface area contributed by atoms with Gasteiger partial charge in [-0.05, 0) is 34.5 Å². The second kappa shape index (κ2) is 5.29. The number of amides is 2. The van der Waals surface area contributed by atoms with Crippen molar-refractivity contribution in [2.75, 3.05) is 13.6 Å². The fourth-order valence-corrected chi connectivity index (χ4v) is 3.25. The van der Waals surface area contributed by atoms with Gasteiger partial charge in [-0.25, -0.2) is 0 Å². The molecule has 2 rings (SSSR count). The number of hydrogen-bond acceptors (Lipinski definition) is 4. The molecule has 0 aliphatic carbocycles. The predicted octanol–water partition coefficient (Wildman–Crippen LogP) is 1.40. The molecule has 17 heavy (non-hydrogen) atoms. The average Bonchev–Trinajstić information content (AvgIpc) is 2.80. The summed E-state index contributed by atoms with van der Waals surface area (Å²) in [6.07, 6.45) is 1.15. The van der Waals surface area contributed by atoms with Crippen LogP contribution in [0.25, 0.3) is 0 Å². The molecule has 92 valence electrons. The molecule has 1 aromatic heterocycles. The van der Waals surface area contributed by atoms with Gasteiger partial charge >= 0.3 is 0 Å². The molecule has 1 saturated heterocycles. The molecule has 0 aromatic carbocycles. The smallest absolute Gasteiger partial charge is 0.246 e. The lowest BCUT2D eigenvalue weighted by Crippen LogP contribution is -2.38. The number of likely N-dealkylation sites (N-methyl/N-ethyl adjacent to an activating group) is 1. The molecular weight excluding hydrogens is 304 g/mol. The Morgan fingerprint density at radius 1 is 1.53 bits per heavy atom. The maximum Gasteiger partial charge on any atom is 0.246 e. The maximum atomic E-state index is 11.6. The molecule has 1 fully saturated rings. The van der Waals surface area contributed by atoms with Gasteiger partial charge in [0.2, 0.25) is 11.8 Å². The van der Waals surface area contributed by atoms with Crippen molar-refractivity contribution in [2.24, 2.45) is 0 Å². The van der Waals surface area contributed by atoms with Gasteiger partial charge in [-0.3, -0.25) is 14.5 Å². The molecular formula is C11H13BrN2O2S. The summed E-state index contributed by atoms with van der Waals surface area (Å²) in [5.74, 6) is -0.228. The van der Waals surface area contributed by atoms with Crippen molar-refractivity contribution in [1.82, 2.24) is 10.2 Å². The first-order valence-electron chi connectivity index (χ1n) is 5.36. The summed E-state index contributed by atoms with van der Waals surface area (Å²) in [7, 11) is 1.53. The summed E-state index contributed by atoms with van der Waals surface area (Å²) in [6.45, 7) is 0.713. The van der Waals surface area contributed by atoms with Gasteiger partial charge in [-0.1, -0.05) is 0 Å². The van der Waals surface area contributed by atoms with E-state index < -0.39 is 0 Å². The Labute approximate surface area is 112 Å². The van der Waals surface area contributed by atoms with Gasteiger partial charge in [-0.2, -0.15) is 0 Å². The third kappa shape index (κ3) is 2.94. The second-order valence-electron chi connectivity index (χ2n) is 3.96. The van der Waals surface area contributed by atoms with E-state index in [0.717, 1.165) is 10.2 Å². The first-order valence-corrected chi connectivity index (χ1v) is 6.97. The number of halogens is 1. The predicted molar refractivity (Wildman–Crippen MR) is 69.9 cm³/mol. The molecule has 1 aliphatic heterocycles. The highest BCUT2D eigenvalue weighted by atomic mass is 79.9. The molecule has 2 heterocycles. The zero-order valence-corrected chi connectivity index (χ0v) is 11.8. The molecule has 6 heteroatoms. The Morgan fingerprint density at radius 3 is 2.82 bits per heavy atom. The molecule has 4 nitrogen and oxygen atoms in total. The van der Waals surface area contributed by atoms with Crippen molar-refractivity contribution in [3.63, 3.8) is 0 Å². The van der Waals surface area contributed by atoms with Gasteiger partial charge in [0.1, 0.15) is 0 Å². The van der Waals surface area contributed by atoms with E-state index in [1.165, 1.54) is 16.8 Å². The van der Waals surface area contributed by atoms with Gasteiger partial charge in [0.25, 0.3) is 0 Å². The quantitative estimate of drug-likeness (QED) is 0.854. The molecule has 1 aromatic rings. The number of nitrogens with zero attached hydrogens (tertiary/aromatic N) is 1. The maximum absolute atomic E-state index is 11.6. The standard InChI is InChI=1S/C11H13BrN2O2S/c1-14-10(15)6-8(11(14)16)13-5-4-7-2-3-9(12)17-7/h2-3,8,13H,4-6H2,1H3. The van der Waals surface area contributed by atoms with E-state index in [2.05, 4.69) is 27.3 Å². The molecule has 0 spiro atoms. The van der Waals surface area contributed by atoms with E-state index >= 15 is 0 Å². The summed E-state index contributed by atoms with van der Waals surface area (Å²) in [4.78, 5) is 25.3. The SMILES string of the molecule is CN1C(=O)CC(NCCc2ccc(Br)s2)C1=O. The van der Waals surface area contributed by atoms with E-state index in [1.807, 2.05) is 6.07 Å². The number of imide groups is 1. The first-order chi connectivity index (χ1) is 8.08. The Kier molecular flexibility index (Phi) is 3.96. The van der Waals surface area contributed by atoms with Gasteiger partial charge < -0.3 is 5.32 Å². The molecule has 1 N–H and O–H groups in total. The van der Waals surface area contributed by atoms with E-state index in [9.17, 15) is 9.59 Å². The number of rotatable bonds is 4. The van der Waals surface area contributed by atoms with Gasteiger partial charge in [-0.15, -0.1) is 11.3 Å². The minimum atomic E-state index is -0.337. The van der Waals surface area contributed by atoms with Crippen LogP contribution >= 0.6 is 27.3 Å². The zero-order chi connectivity index (χ0) is 12.4. The van der Waals surface area contributed by atoms with Crippen LogP contribution in [0.15, 0.2) is 15.9 Å². The Hall–Kier alpha value is -0.720. The van der Waals surface area contributed by atoms with E-state index in [1.54, 1.807) is 11.3 Å².